The number of anilines is 1. The fraction of sp³-hybridized carbons (Fsp3) is 0.238. The van der Waals surface area contributed by atoms with Crippen molar-refractivity contribution in [3.63, 3.8) is 0 Å². The van der Waals surface area contributed by atoms with Crippen molar-refractivity contribution in [2.75, 3.05) is 12.4 Å². The second-order valence-electron chi connectivity index (χ2n) is 6.37. The summed E-state index contributed by atoms with van der Waals surface area (Å²) in [6.45, 7) is 1.88. The Hall–Kier alpha value is -3.08. The summed E-state index contributed by atoms with van der Waals surface area (Å²) < 4.78 is 0. The number of aryl methyl sites for hydroxylation is 2. The SMILES string of the molecule is CNC(=O)c1ccc(NC(=O)CCCc2c[nH]c3ccccc23)c(C)c1. The van der Waals surface area contributed by atoms with E-state index < -0.39 is 0 Å². The van der Waals surface area contributed by atoms with Crippen molar-refractivity contribution in [1.29, 1.82) is 0 Å². The van der Waals surface area contributed by atoms with Crippen molar-refractivity contribution < 1.29 is 9.59 Å². The third-order valence-corrected chi connectivity index (χ3v) is 4.51. The average molecular weight is 349 g/mol. The van der Waals surface area contributed by atoms with Crippen LogP contribution in [0.5, 0.6) is 0 Å². The number of nitrogens with one attached hydrogen (secondary N) is 3. The van der Waals surface area contributed by atoms with Crippen molar-refractivity contribution in [2.24, 2.45) is 0 Å². The van der Waals surface area contributed by atoms with Crippen LogP contribution in [0.3, 0.4) is 0 Å². The van der Waals surface area contributed by atoms with E-state index in [-0.39, 0.29) is 11.8 Å². The molecule has 1 heterocycles. The fourth-order valence-corrected chi connectivity index (χ4v) is 3.08. The van der Waals surface area contributed by atoms with Crippen LogP contribution < -0.4 is 10.6 Å². The first kappa shape index (κ1) is 17.7. The van der Waals surface area contributed by atoms with E-state index in [4.69, 9.17) is 0 Å². The lowest BCUT2D eigenvalue weighted by molar-refractivity contribution is -0.116. The monoisotopic (exact) mass is 349 g/mol. The van der Waals surface area contributed by atoms with E-state index in [1.54, 1.807) is 25.2 Å². The van der Waals surface area contributed by atoms with Crippen LogP contribution in [0.15, 0.2) is 48.7 Å². The zero-order valence-corrected chi connectivity index (χ0v) is 15.1. The first-order chi connectivity index (χ1) is 12.6. The summed E-state index contributed by atoms with van der Waals surface area (Å²) in [6, 6.07) is 13.5. The van der Waals surface area contributed by atoms with Gasteiger partial charge in [0, 0.05) is 41.8 Å². The van der Waals surface area contributed by atoms with Crippen LogP contribution in [0.1, 0.15) is 34.3 Å². The van der Waals surface area contributed by atoms with Crippen molar-refractivity contribution in [1.82, 2.24) is 10.3 Å². The maximum absolute atomic E-state index is 12.2. The molecular formula is C21H23N3O2. The van der Waals surface area contributed by atoms with Crippen LogP contribution in [0, 0.1) is 6.92 Å². The molecule has 0 bridgehead atoms. The van der Waals surface area contributed by atoms with Gasteiger partial charge in [0.15, 0.2) is 0 Å². The Bertz CT molecular complexity index is 943. The maximum Gasteiger partial charge on any atom is 0.251 e. The van der Waals surface area contributed by atoms with Gasteiger partial charge in [0.05, 0.1) is 0 Å². The number of carbonyl (C=O) groups excluding carboxylic acids is 2. The van der Waals surface area contributed by atoms with E-state index in [0.29, 0.717) is 12.0 Å². The van der Waals surface area contributed by atoms with Crippen molar-refractivity contribution in [3.8, 4) is 0 Å². The number of H-pyrrole nitrogens is 1. The van der Waals surface area contributed by atoms with Gasteiger partial charge in [0.1, 0.15) is 0 Å². The lowest BCUT2D eigenvalue weighted by Gasteiger charge is -2.10. The molecule has 0 aliphatic heterocycles. The Labute approximate surface area is 152 Å². The largest absolute Gasteiger partial charge is 0.361 e. The van der Waals surface area contributed by atoms with E-state index in [1.165, 1.54) is 10.9 Å². The molecule has 5 heteroatoms. The molecule has 3 rings (SSSR count). The quantitative estimate of drug-likeness (QED) is 0.633. The molecule has 3 N–H and O–H groups in total. The van der Waals surface area contributed by atoms with Gasteiger partial charge in [-0.05, 0) is 55.2 Å². The Balaban J connectivity index is 1.55. The van der Waals surface area contributed by atoms with E-state index >= 15 is 0 Å². The summed E-state index contributed by atoms with van der Waals surface area (Å²) in [5.41, 5.74) is 4.56. The molecule has 3 aromatic rings. The van der Waals surface area contributed by atoms with E-state index in [1.807, 2.05) is 25.3 Å². The second kappa shape index (κ2) is 7.87. The smallest absolute Gasteiger partial charge is 0.251 e. The third kappa shape index (κ3) is 3.94. The average Bonchev–Trinajstić information content (AvgIpc) is 3.06. The molecule has 0 saturated carbocycles. The molecule has 0 fully saturated rings. The highest BCUT2D eigenvalue weighted by molar-refractivity contribution is 5.96. The molecule has 0 unspecified atom stereocenters. The Kier molecular flexibility index (Phi) is 5.37. The van der Waals surface area contributed by atoms with Crippen LogP contribution in [0.2, 0.25) is 0 Å². The maximum atomic E-state index is 12.2. The molecule has 26 heavy (non-hydrogen) atoms. The molecule has 0 radical (unpaired) electrons. The highest BCUT2D eigenvalue weighted by Gasteiger charge is 2.09. The second-order valence-corrected chi connectivity index (χ2v) is 6.37. The Morgan fingerprint density at radius 3 is 2.69 bits per heavy atom. The van der Waals surface area contributed by atoms with Crippen molar-refractivity contribution in [3.05, 3.63) is 65.4 Å². The molecule has 0 spiro atoms. The first-order valence-corrected chi connectivity index (χ1v) is 8.76. The summed E-state index contributed by atoms with van der Waals surface area (Å²) in [4.78, 5) is 27.1. The van der Waals surface area contributed by atoms with Crippen LogP contribution in [0.4, 0.5) is 5.69 Å². The Morgan fingerprint density at radius 2 is 1.92 bits per heavy atom. The molecule has 5 nitrogen and oxygen atoms in total. The zero-order chi connectivity index (χ0) is 18.5. The molecule has 2 aromatic carbocycles. The summed E-state index contributed by atoms with van der Waals surface area (Å²) in [5.74, 6) is -0.148. The minimum atomic E-state index is -0.135. The van der Waals surface area contributed by atoms with E-state index in [2.05, 4.69) is 27.8 Å². The molecule has 0 atom stereocenters. The highest BCUT2D eigenvalue weighted by Crippen LogP contribution is 2.20. The summed E-state index contributed by atoms with van der Waals surface area (Å²) in [5, 5.41) is 6.74. The fourth-order valence-electron chi connectivity index (χ4n) is 3.08. The number of aromatic amines is 1. The van der Waals surface area contributed by atoms with Gasteiger partial charge in [0.25, 0.3) is 5.91 Å². The van der Waals surface area contributed by atoms with Gasteiger partial charge in [-0.2, -0.15) is 0 Å². The lowest BCUT2D eigenvalue weighted by Crippen LogP contribution is -2.18. The Morgan fingerprint density at radius 1 is 1.12 bits per heavy atom. The topological polar surface area (TPSA) is 74.0 Å². The molecule has 0 aliphatic rings. The number of benzene rings is 2. The normalized spacial score (nSPS) is 10.7. The summed E-state index contributed by atoms with van der Waals surface area (Å²) in [6.07, 6.45) is 4.11. The van der Waals surface area contributed by atoms with Gasteiger partial charge >= 0.3 is 0 Å². The minimum absolute atomic E-state index is 0.0133. The molecule has 2 amide bonds. The predicted molar refractivity (Wildman–Crippen MR) is 104 cm³/mol. The summed E-state index contributed by atoms with van der Waals surface area (Å²) >= 11 is 0. The molecular weight excluding hydrogens is 326 g/mol. The molecule has 0 saturated heterocycles. The van der Waals surface area contributed by atoms with Gasteiger partial charge in [-0.15, -0.1) is 0 Å². The number of rotatable bonds is 6. The van der Waals surface area contributed by atoms with Gasteiger partial charge in [-0.25, -0.2) is 0 Å². The van der Waals surface area contributed by atoms with E-state index in [9.17, 15) is 9.59 Å². The van der Waals surface area contributed by atoms with Gasteiger partial charge in [-0.3, -0.25) is 9.59 Å². The number of hydrogen-bond acceptors (Lipinski definition) is 2. The van der Waals surface area contributed by atoms with Crippen LogP contribution in [0.25, 0.3) is 10.9 Å². The van der Waals surface area contributed by atoms with Crippen molar-refractivity contribution in [2.45, 2.75) is 26.2 Å². The molecule has 0 aliphatic carbocycles. The molecule has 134 valence electrons. The van der Waals surface area contributed by atoms with Crippen LogP contribution in [-0.2, 0) is 11.2 Å². The van der Waals surface area contributed by atoms with Crippen LogP contribution >= 0.6 is 0 Å². The number of fused-ring (bicyclic) bond motifs is 1. The number of amides is 2. The van der Waals surface area contributed by atoms with Gasteiger partial charge in [0.2, 0.25) is 5.91 Å². The third-order valence-electron chi connectivity index (χ3n) is 4.51. The van der Waals surface area contributed by atoms with Crippen molar-refractivity contribution >= 4 is 28.4 Å². The van der Waals surface area contributed by atoms with Gasteiger partial charge in [-0.1, -0.05) is 18.2 Å². The number of aromatic nitrogens is 1. The van der Waals surface area contributed by atoms with Crippen LogP contribution in [-0.4, -0.2) is 23.8 Å². The first-order valence-electron chi connectivity index (χ1n) is 8.76. The standard InChI is InChI=1S/C21H23N3O2/c1-14-12-15(21(26)22-2)10-11-18(14)24-20(25)9-5-6-16-13-23-19-8-4-3-7-17(16)19/h3-4,7-8,10-13,23H,5-6,9H2,1-2H3,(H,22,26)(H,24,25). The minimum Gasteiger partial charge on any atom is -0.361 e. The molecule has 1 aromatic heterocycles. The lowest BCUT2D eigenvalue weighted by atomic mass is 10.1. The number of para-hydroxylation sites is 1. The highest BCUT2D eigenvalue weighted by atomic mass is 16.2. The zero-order valence-electron chi connectivity index (χ0n) is 15.1. The predicted octanol–water partition coefficient (Wildman–Crippen LogP) is 3.80. The number of hydrogen-bond donors (Lipinski definition) is 3. The number of carbonyl (C=O) groups is 2. The van der Waals surface area contributed by atoms with Gasteiger partial charge < -0.3 is 15.6 Å². The van der Waals surface area contributed by atoms with E-state index in [0.717, 1.165) is 29.6 Å². The summed E-state index contributed by atoms with van der Waals surface area (Å²) in [7, 11) is 1.60.